The number of hydrogen-bond donors (Lipinski definition) is 2. The molecule has 0 aromatic heterocycles. The fourth-order valence-corrected chi connectivity index (χ4v) is 3.95. The van der Waals surface area contributed by atoms with E-state index in [2.05, 4.69) is 10.0 Å². The zero-order valence-corrected chi connectivity index (χ0v) is 15.9. The van der Waals surface area contributed by atoms with E-state index in [1.165, 1.54) is 12.1 Å². The highest BCUT2D eigenvalue weighted by atomic mass is 32.2. The molecule has 0 spiro atoms. The number of amides is 1. The van der Waals surface area contributed by atoms with Crippen LogP contribution in [0.3, 0.4) is 0 Å². The molecule has 0 saturated heterocycles. The monoisotopic (exact) mass is 390 g/mol. The maximum atomic E-state index is 12.9. The number of sulfonamides is 1. The highest BCUT2D eigenvalue weighted by Crippen LogP contribution is 2.41. The maximum absolute atomic E-state index is 12.9. The van der Waals surface area contributed by atoms with E-state index in [0.29, 0.717) is 5.92 Å². The fourth-order valence-electron chi connectivity index (χ4n) is 2.92. The van der Waals surface area contributed by atoms with Crippen LogP contribution in [0.4, 0.5) is 4.39 Å². The van der Waals surface area contributed by atoms with Crippen LogP contribution < -0.4 is 10.0 Å². The van der Waals surface area contributed by atoms with Crippen LogP contribution in [0, 0.1) is 18.7 Å². The molecular weight excluding hydrogens is 367 g/mol. The van der Waals surface area contributed by atoms with Gasteiger partial charge in [-0.2, -0.15) is 0 Å². The molecular formula is C20H23FN2O3S. The minimum atomic E-state index is -3.76. The smallest absolute Gasteiger partial charge is 0.240 e. The number of rotatable bonds is 8. The van der Waals surface area contributed by atoms with Crippen molar-refractivity contribution >= 4 is 15.9 Å². The fraction of sp³-hybridized carbons (Fsp3) is 0.350. The normalized spacial score (nSPS) is 15.3. The third-order valence-electron chi connectivity index (χ3n) is 4.61. The number of carbonyl (C=O) groups excluding carboxylic acids is 1. The average Bonchev–Trinajstić information content (AvgIpc) is 3.46. The largest absolute Gasteiger partial charge is 0.349 e. The van der Waals surface area contributed by atoms with Gasteiger partial charge in [-0.15, -0.1) is 0 Å². The summed E-state index contributed by atoms with van der Waals surface area (Å²) in [5, 5.41) is 3.02. The predicted molar refractivity (Wildman–Crippen MR) is 101 cm³/mol. The SMILES string of the molecule is Cc1ccc(C(NC(=O)CCNS(=O)(=O)c2ccc(F)cc2)C2CC2)cc1. The Balaban J connectivity index is 1.54. The first-order chi connectivity index (χ1) is 12.8. The van der Waals surface area contributed by atoms with Crippen molar-refractivity contribution in [3.63, 3.8) is 0 Å². The lowest BCUT2D eigenvalue weighted by molar-refractivity contribution is -0.121. The van der Waals surface area contributed by atoms with E-state index < -0.39 is 15.8 Å². The van der Waals surface area contributed by atoms with Crippen molar-refractivity contribution in [1.29, 1.82) is 0 Å². The van der Waals surface area contributed by atoms with Gasteiger partial charge in [-0.05, 0) is 55.5 Å². The number of carbonyl (C=O) groups is 1. The lowest BCUT2D eigenvalue weighted by Crippen LogP contribution is -2.33. The Hall–Kier alpha value is -2.25. The molecule has 5 nitrogen and oxygen atoms in total. The van der Waals surface area contributed by atoms with Gasteiger partial charge in [-0.3, -0.25) is 4.79 Å². The van der Waals surface area contributed by atoms with Gasteiger partial charge >= 0.3 is 0 Å². The second-order valence-corrected chi connectivity index (χ2v) is 8.66. The molecule has 2 N–H and O–H groups in total. The quantitative estimate of drug-likeness (QED) is 0.727. The summed E-state index contributed by atoms with van der Waals surface area (Å²) in [5.41, 5.74) is 2.23. The third-order valence-corrected chi connectivity index (χ3v) is 6.09. The minimum absolute atomic E-state index is 0.0170. The summed E-state index contributed by atoms with van der Waals surface area (Å²) in [5.74, 6) is -0.266. The molecule has 144 valence electrons. The average molecular weight is 390 g/mol. The molecule has 1 unspecified atom stereocenters. The second kappa shape index (κ2) is 8.19. The van der Waals surface area contributed by atoms with Crippen molar-refractivity contribution in [2.45, 2.75) is 37.1 Å². The summed E-state index contributed by atoms with van der Waals surface area (Å²) in [6, 6.07) is 12.6. The number of hydrogen-bond acceptors (Lipinski definition) is 3. The van der Waals surface area contributed by atoms with Crippen molar-refractivity contribution in [2.24, 2.45) is 5.92 Å². The van der Waals surface area contributed by atoms with Crippen molar-refractivity contribution in [2.75, 3.05) is 6.54 Å². The topological polar surface area (TPSA) is 75.3 Å². The van der Waals surface area contributed by atoms with Crippen LogP contribution in [0.25, 0.3) is 0 Å². The van der Waals surface area contributed by atoms with Crippen LogP contribution in [-0.4, -0.2) is 20.9 Å². The first-order valence-electron chi connectivity index (χ1n) is 8.96. The summed E-state index contributed by atoms with van der Waals surface area (Å²) < 4.78 is 39.6. The molecule has 1 saturated carbocycles. The summed E-state index contributed by atoms with van der Waals surface area (Å²) in [7, 11) is -3.76. The van der Waals surface area contributed by atoms with Gasteiger partial charge in [0, 0.05) is 13.0 Å². The molecule has 7 heteroatoms. The van der Waals surface area contributed by atoms with Gasteiger partial charge in [0.2, 0.25) is 15.9 Å². The molecule has 0 bridgehead atoms. The Kier molecular flexibility index (Phi) is 5.92. The molecule has 2 aromatic carbocycles. The van der Waals surface area contributed by atoms with E-state index in [1.807, 2.05) is 31.2 Å². The van der Waals surface area contributed by atoms with Crippen molar-refractivity contribution in [1.82, 2.24) is 10.0 Å². The van der Waals surface area contributed by atoms with Gasteiger partial charge in [0.15, 0.2) is 0 Å². The maximum Gasteiger partial charge on any atom is 0.240 e. The zero-order chi connectivity index (χ0) is 19.4. The molecule has 1 aliphatic carbocycles. The van der Waals surface area contributed by atoms with E-state index in [1.54, 1.807) is 0 Å². The Morgan fingerprint density at radius 1 is 1.11 bits per heavy atom. The number of halogens is 1. The van der Waals surface area contributed by atoms with Crippen LogP contribution in [0.2, 0.25) is 0 Å². The molecule has 1 fully saturated rings. The third kappa shape index (κ3) is 5.37. The lowest BCUT2D eigenvalue weighted by Gasteiger charge is -2.19. The summed E-state index contributed by atoms with van der Waals surface area (Å²) in [6.45, 7) is 2.00. The highest BCUT2D eigenvalue weighted by Gasteiger charge is 2.33. The van der Waals surface area contributed by atoms with Gasteiger partial charge < -0.3 is 5.32 Å². The van der Waals surface area contributed by atoms with Crippen LogP contribution >= 0.6 is 0 Å². The van der Waals surface area contributed by atoms with Crippen molar-refractivity contribution in [3.8, 4) is 0 Å². The van der Waals surface area contributed by atoms with Crippen molar-refractivity contribution in [3.05, 3.63) is 65.5 Å². The molecule has 1 amide bonds. The second-order valence-electron chi connectivity index (χ2n) is 6.89. The van der Waals surface area contributed by atoms with Gasteiger partial charge in [-0.1, -0.05) is 29.8 Å². The van der Waals surface area contributed by atoms with Gasteiger partial charge in [-0.25, -0.2) is 17.5 Å². The van der Waals surface area contributed by atoms with Crippen molar-refractivity contribution < 1.29 is 17.6 Å². The lowest BCUT2D eigenvalue weighted by atomic mass is 10.0. The Morgan fingerprint density at radius 2 is 1.74 bits per heavy atom. The first kappa shape index (κ1) is 19.5. The number of nitrogens with one attached hydrogen (secondary N) is 2. The molecule has 1 atom stereocenters. The summed E-state index contributed by atoms with van der Waals surface area (Å²) >= 11 is 0. The molecule has 2 aromatic rings. The molecule has 0 aliphatic heterocycles. The molecule has 0 heterocycles. The van der Waals surface area contributed by atoms with E-state index >= 15 is 0 Å². The van der Waals surface area contributed by atoms with E-state index in [4.69, 9.17) is 0 Å². The van der Waals surface area contributed by atoms with E-state index in [0.717, 1.165) is 36.1 Å². The first-order valence-corrected chi connectivity index (χ1v) is 10.4. The molecule has 3 rings (SSSR count). The van der Waals surface area contributed by atoms with E-state index in [9.17, 15) is 17.6 Å². The predicted octanol–water partition coefficient (Wildman–Crippen LogP) is 3.07. The van der Waals surface area contributed by atoms with Gasteiger partial charge in [0.25, 0.3) is 0 Å². The molecule has 27 heavy (non-hydrogen) atoms. The van der Waals surface area contributed by atoms with Crippen LogP contribution in [-0.2, 0) is 14.8 Å². The van der Waals surface area contributed by atoms with E-state index in [-0.39, 0.29) is 29.8 Å². The highest BCUT2D eigenvalue weighted by molar-refractivity contribution is 7.89. The van der Waals surface area contributed by atoms with Gasteiger partial charge in [0.05, 0.1) is 10.9 Å². The minimum Gasteiger partial charge on any atom is -0.349 e. The Bertz CT molecular complexity index is 892. The Morgan fingerprint density at radius 3 is 2.33 bits per heavy atom. The zero-order valence-electron chi connectivity index (χ0n) is 15.1. The number of benzene rings is 2. The van der Waals surface area contributed by atoms with Crippen LogP contribution in [0.15, 0.2) is 53.4 Å². The molecule has 1 aliphatic rings. The summed E-state index contributed by atoms with van der Waals surface area (Å²) in [4.78, 5) is 12.3. The Labute approximate surface area is 159 Å². The van der Waals surface area contributed by atoms with Crippen LogP contribution in [0.5, 0.6) is 0 Å². The molecule has 0 radical (unpaired) electrons. The summed E-state index contributed by atoms with van der Waals surface area (Å²) in [6.07, 6.45) is 2.20. The van der Waals surface area contributed by atoms with Gasteiger partial charge in [0.1, 0.15) is 5.82 Å². The standard InChI is InChI=1S/C20H23FN2O3S/c1-14-2-4-15(5-3-14)20(16-6-7-16)23-19(24)12-13-22-27(25,26)18-10-8-17(21)9-11-18/h2-5,8-11,16,20,22H,6-7,12-13H2,1H3,(H,23,24). The number of aryl methyl sites for hydroxylation is 1. The van der Waals surface area contributed by atoms with Crippen LogP contribution in [0.1, 0.15) is 36.4 Å².